The predicted octanol–water partition coefficient (Wildman–Crippen LogP) is 2.55. The smallest absolute Gasteiger partial charge is 0.308 e. The van der Waals surface area contributed by atoms with Crippen molar-refractivity contribution >= 4 is 17.7 Å². The molecular formula is C25H41N3O5. The Kier molecular flexibility index (Phi) is 12.9. The van der Waals surface area contributed by atoms with Crippen LogP contribution in [-0.4, -0.2) is 48.9 Å². The fraction of sp³-hybridized carbons (Fsp3) is 0.640. The van der Waals surface area contributed by atoms with E-state index in [1.807, 2.05) is 38.1 Å². The number of carbonyl (C=O) groups is 3. The summed E-state index contributed by atoms with van der Waals surface area (Å²) in [6, 6.07) is 6.52. The van der Waals surface area contributed by atoms with Gasteiger partial charge in [0, 0.05) is 19.0 Å². The Morgan fingerprint density at radius 3 is 2.06 bits per heavy atom. The molecule has 0 saturated heterocycles. The maximum atomic E-state index is 12.7. The summed E-state index contributed by atoms with van der Waals surface area (Å²) in [6.07, 6.45) is 0.199. The number of hydroxylamine groups is 1. The van der Waals surface area contributed by atoms with Gasteiger partial charge in [0.25, 0.3) is 0 Å². The molecule has 1 amide bonds. The van der Waals surface area contributed by atoms with Gasteiger partial charge in [-0.25, -0.2) is 0 Å². The van der Waals surface area contributed by atoms with E-state index in [0.29, 0.717) is 19.2 Å². The first kappa shape index (κ1) is 28.7. The van der Waals surface area contributed by atoms with Gasteiger partial charge < -0.3 is 15.4 Å². The molecule has 0 aromatic heterocycles. The van der Waals surface area contributed by atoms with Crippen molar-refractivity contribution in [3.05, 3.63) is 35.4 Å². The van der Waals surface area contributed by atoms with Crippen LogP contribution in [0.2, 0.25) is 0 Å². The number of amides is 1. The van der Waals surface area contributed by atoms with Crippen LogP contribution < -0.4 is 16.1 Å². The predicted molar refractivity (Wildman–Crippen MR) is 128 cm³/mol. The van der Waals surface area contributed by atoms with Crippen LogP contribution in [0.1, 0.15) is 59.6 Å². The lowest BCUT2D eigenvalue weighted by Crippen LogP contribution is -2.52. The van der Waals surface area contributed by atoms with E-state index in [4.69, 9.17) is 9.57 Å². The highest BCUT2D eigenvalue weighted by molar-refractivity contribution is 5.91. The third-order valence-electron chi connectivity index (χ3n) is 5.01. The molecular weight excluding hydrogens is 422 g/mol. The summed E-state index contributed by atoms with van der Waals surface area (Å²) in [5, 5.41) is 6.03. The highest BCUT2D eigenvalue weighted by atomic mass is 16.6. The van der Waals surface area contributed by atoms with Gasteiger partial charge in [0.1, 0.15) is 12.6 Å². The van der Waals surface area contributed by atoms with Gasteiger partial charge in [-0.05, 0) is 24.0 Å². The lowest BCUT2D eigenvalue weighted by molar-refractivity contribution is -0.148. The van der Waals surface area contributed by atoms with E-state index in [-0.39, 0.29) is 42.5 Å². The minimum absolute atomic E-state index is 0.0114. The molecule has 33 heavy (non-hydrogen) atoms. The number of ether oxygens (including phenoxy) is 1. The number of benzene rings is 1. The minimum Gasteiger partial charge on any atom is -0.461 e. The van der Waals surface area contributed by atoms with Crippen molar-refractivity contribution in [2.24, 2.45) is 11.8 Å². The van der Waals surface area contributed by atoms with Crippen molar-refractivity contribution in [1.29, 1.82) is 0 Å². The fourth-order valence-corrected chi connectivity index (χ4v) is 2.85. The van der Waals surface area contributed by atoms with Crippen LogP contribution in [0.5, 0.6) is 0 Å². The lowest BCUT2D eigenvalue weighted by Gasteiger charge is -2.23. The number of Topliss-reactive ketones (excluding diaryl/α,β-unsaturated/α-hetero) is 1. The van der Waals surface area contributed by atoms with E-state index in [9.17, 15) is 14.4 Å². The van der Waals surface area contributed by atoms with E-state index < -0.39 is 12.1 Å². The average Bonchev–Trinajstić information content (AvgIpc) is 2.74. The zero-order valence-corrected chi connectivity index (χ0v) is 21.1. The van der Waals surface area contributed by atoms with E-state index in [1.54, 1.807) is 20.8 Å². The monoisotopic (exact) mass is 463 g/mol. The van der Waals surface area contributed by atoms with E-state index in [1.165, 1.54) is 0 Å². The van der Waals surface area contributed by atoms with Gasteiger partial charge in [0.05, 0.1) is 18.6 Å². The number of hydrogen-bond acceptors (Lipinski definition) is 7. The molecule has 1 aromatic rings. The van der Waals surface area contributed by atoms with Gasteiger partial charge in [0.15, 0.2) is 5.78 Å². The fourth-order valence-electron chi connectivity index (χ4n) is 2.85. The van der Waals surface area contributed by atoms with Gasteiger partial charge in [-0.15, -0.1) is 0 Å². The van der Waals surface area contributed by atoms with Crippen LogP contribution in [0, 0.1) is 11.8 Å². The first-order chi connectivity index (χ1) is 15.5. The topological polar surface area (TPSA) is 106 Å². The summed E-state index contributed by atoms with van der Waals surface area (Å²) < 4.78 is 5.21. The quantitative estimate of drug-likeness (QED) is 0.209. The molecule has 0 fully saturated rings. The average molecular weight is 464 g/mol. The summed E-state index contributed by atoms with van der Waals surface area (Å²) >= 11 is 0. The SMILES string of the molecule is CC(C)NCCON[C@H](C(=O)N[C@@H](C)C(=O)Cc1ccc(COC(=O)C(C)C)cc1)C(C)C. The molecule has 0 saturated carbocycles. The largest absolute Gasteiger partial charge is 0.461 e. The van der Waals surface area contributed by atoms with Gasteiger partial charge >= 0.3 is 5.97 Å². The summed E-state index contributed by atoms with van der Waals surface area (Å²) in [5.74, 6) is -0.789. The Balaban J connectivity index is 2.51. The number of hydrogen-bond donors (Lipinski definition) is 3. The zero-order chi connectivity index (χ0) is 25.0. The summed E-state index contributed by atoms with van der Waals surface area (Å²) in [5.41, 5.74) is 4.51. The Morgan fingerprint density at radius 1 is 0.909 bits per heavy atom. The molecule has 2 atom stereocenters. The summed E-state index contributed by atoms with van der Waals surface area (Å²) in [4.78, 5) is 42.3. The molecule has 0 aliphatic rings. The molecule has 186 valence electrons. The first-order valence-corrected chi connectivity index (χ1v) is 11.7. The Bertz CT molecular complexity index is 747. The van der Waals surface area contributed by atoms with Gasteiger partial charge in [-0.1, -0.05) is 65.8 Å². The number of carbonyl (C=O) groups excluding carboxylic acids is 3. The number of esters is 1. The van der Waals surface area contributed by atoms with Crippen LogP contribution in [0.15, 0.2) is 24.3 Å². The molecule has 8 heteroatoms. The van der Waals surface area contributed by atoms with Crippen molar-refractivity contribution in [3.8, 4) is 0 Å². The van der Waals surface area contributed by atoms with Crippen molar-refractivity contribution < 1.29 is 24.0 Å². The van der Waals surface area contributed by atoms with Gasteiger partial charge in [-0.2, -0.15) is 5.48 Å². The van der Waals surface area contributed by atoms with E-state index in [0.717, 1.165) is 11.1 Å². The molecule has 0 heterocycles. The highest BCUT2D eigenvalue weighted by Crippen LogP contribution is 2.10. The zero-order valence-electron chi connectivity index (χ0n) is 21.1. The second kappa shape index (κ2) is 14.8. The Morgan fingerprint density at radius 2 is 1.52 bits per heavy atom. The molecule has 0 bridgehead atoms. The minimum atomic E-state index is -0.630. The molecule has 0 aliphatic carbocycles. The highest BCUT2D eigenvalue weighted by Gasteiger charge is 2.25. The van der Waals surface area contributed by atoms with Crippen LogP contribution in [0.25, 0.3) is 0 Å². The number of nitrogens with one attached hydrogen (secondary N) is 3. The van der Waals surface area contributed by atoms with Crippen LogP contribution in [0.3, 0.4) is 0 Å². The number of rotatable bonds is 15. The standard InChI is InChI=1S/C25H41N3O5/c1-16(2)23(28-33-13-12-26-18(5)6)24(30)27-19(7)22(29)14-20-8-10-21(11-9-20)15-32-25(31)17(3)4/h8-11,16-19,23,26,28H,12-15H2,1-7H3,(H,27,30)/t19-,23-/m0/s1. The second-order valence-corrected chi connectivity index (χ2v) is 9.25. The molecule has 1 rings (SSSR count). The molecule has 8 nitrogen and oxygen atoms in total. The Labute approximate surface area is 198 Å². The summed E-state index contributed by atoms with van der Waals surface area (Å²) in [6.45, 7) is 14.5. The lowest BCUT2D eigenvalue weighted by atomic mass is 10.0. The molecule has 0 radical (unpaired) electrons. The molecule has 1 aromatic carbocycles. The maximum absolute atomic E-state index is 12.7. The normalized spacial score (nSPS) is 13.3. The molecule has 0 unspecified atom stereocenters. The molecule has 3 N–H and O–H groups in total. The third kappa shape index (κ3) is 11.4. The third-order valence-corrected chi connectivity index (χ3v) is 5.01. The summed E-state index contributed by atoms with van der Waals surface area (Å²) in [7, 11) is 0. The van der Waals surface area contributed by atoms with Crippen LogP contribution in [0.4, 0.5) is 0 Å². The van der Waals surface area contributed by atoms with E-state index >= 15 is 0 Å². The van der Waals surface area contributed by atoms with Crippen LogP contribution in [-0.2, 0) is 37.0 Å². The maximum Gasteiger partial charge on any atom is 0.308 e. The van der Waals surface area contributed by atoms with Crippen LogP contribution >= 0.6 is 0 Å². The van der Waals surface area contributed by atoms with Crippen molar-refractivity contribution in [2.75, 3.05) is 13.2 Å². The van der Waals surface area contributed by atoms with Crippen molar-refractivity contribution in [3.63, 3.8) is 0 Å². The van der Waals surface area contributed by atoms with Gasteiger partial charge in [0.2, 0.25) is 5.91 Å². The first-order valence-electron chi connectivity index (χ1n) is 11.7. The van der Waals surface area contributed by atoms with E-state index in [2.05, 4.69) is 30.0 Å². The van der Waals surface area contributed by atoms with Crippen molar-refractivity contribution in [1.82, 2.24) is 16.1 Å². The number of ketones is 1. The molecule has 0 spiro atoms. The van der Waals surface area contributed by atoms with Gasteiger partial charge in [-0.3, -0.25) is 19.2 Å². The Hall–Kier alpha value is -2.29. The van der Waals surface area contributed by atoms with Crippen molar-refractivity contribution in [2.45, 2.75) is 79.6 Å². The second-order valence-electron chi connectivity index (χ2n) is 9.25. The molecule has 0 aliphatic heterocycles.